The third kappa shape index (κ3) is 3.42. The van der Waals surface area contributed by atoms with Crippen molar-refractivity contribution in [1.82, 2.24) is 0 Å². The zero-order valence-corrected chi connectivity index (χ0v) is 8.97. The molecule has 1 aromatic carbocycles. The number of benzene rings is 1. The summed E-state index contributed by atoms with van der Waals surface area (Å²) in [5.41, 5.74) is 0.301. The van der Waals surface area contributed by atoms with Crippen molar-refractivity contribution < 1.29 is 14.7 Å². The van der Waals surface area contributed by atoms with Crippen LogP contribution in [0.15, 0.2) is 18.2 Å². The van der Waals surface area contributed by atoms with Crippen molar-refractivity contribution in [3.8, 4) is 0 Å². The molecule has 0 saturated carbocycles. The third-order valence-corrected chi connectivity index (χ3v) is 2.36. The maximum absolute atomic E-state index is 11.1. The summed E-state index contributed by atoms with van der Waals surface area (Å²) in [5.74, 6) is -1.85. The number of hydrogen-bond acceptors (Lipinski definition) is 2. The summed E-state index contributed by atoms with van der Waals surface area (Å²) in [6.07, 6.45) is -0.608. The van der Waals surface area contributed by atoms with E-state index in [9.17, 15) is 9.59 Å². The second kappa shape index (κ2) is 5.00. The molecule has 15 heavy (non-hydrogen) atoms. The Kier molecular flexibility index (Phi) is 3.94. The van der Waals surface area contributed by atoms with Crippen LogP contribution in [0, 0.1) is 0 Å². The van der Waals surface area contributed by atoms with Gasteiger partial charge in [-0.05, 0) is 12.1 Å². The molecule has 0 aliphatic rings. The first-order chi connectivity index (χ1) is 7.00. The number of carboxylic acid groups (broad SMARTS) is 1. The molecule has 1 amide bonds. The van der Waals surface area contributed by atoms with Crippen LogP contribution in [0.4, 0.5) is 5.69 Å². The molecule has 0 unspecified atom stereocenters. The van der Waals surface area contributed by atoms with Crippen molar-refractivity contribution in [1.29, 1.82) is 0 Å². The van der Waals surface area contributed by atoms with Gasteiger partial charge in [0.25, 0.3) is 0 Å². The Balaban J connectivity index is 2.77. The van der Waals surface area contributed by atoms with Gasteiger partial charge in [0.05, 0.1) is 15.7 Å². The number of hydrogen-bond donors (Lipinski definition) is 2. The summed E-state index contributed by atoms with van der Waals surface area (Å²) >= 11 is 11.5. The number of halogens is 2. The number of carbonyl (C=O) groups is 2. The molecule has 80 valence electrons. The molecule has 6 heteroatoms. The molecular weight excluding hydrogens is 241 g/mol. The molecule has 0 radical (unpaired) electrons. The quantitative estimate of drug-likeness (QED) is 0.807. The Morgan fingerprint density at radius 1 is 1.33 bits per heavy atom. The first kappa shape index (κ1) is 11.8. The minimum absolute atomic E-state index is 0.193. The zero-order valence-electron chi connectivity index (χ0n) is 7.46. The largest absolute Gasteiger partial charge is 0.481 e. The Morgan fingerprint density at radius 2 is 2.00 bits per heavy atom. The second-order valence-electron chi connectivity index (χ2n) is 2.72. The average molecular weight is 248 g/mol. The summed E-state index contributed by atoms with van der Waals surface area (Å²) in [5, 5.41) is 11.2. The van der Waals surface area contributed by atoms with E-state index in [1.54, 1.807) is 12.1 Å². The monoisotopic (exact) mass is 247 g/mol. The van der Waals surface area contributed by atoms with Gasteiger partial charge < -0.3 is 10.4 Å². The lowest BCUT2D eigenvalue weighted by Gasteiger charge is -2.06. The number of carboxylic acids is 1. The molecule has 0 spiro atoms. The molecule has 1 rings (SSSR count). The number of nitrogens with one attached hydrogen (secondary N) is 1. The van der Waals surface area contributed by atoms with E-state index in [0.717, 1.165) is 0 Å². The molecule has 0 heterocycles. The number of aliphatic carboxylic acids is 1. The molecule has 1 aromatic rings. The zero-order chi connectivity index (χ0) is 11.4. The van der Waals surface area contributed by atoms with Crippen LogP contribution >= 0.6 is 23.2 Å². The van der Waals surface area contributed by atoms with Gasteiger partial charge in [0.2, 0.25) is 5.91 Å². The molecule has 2 N–H and O–H groups in total. The Hall–Kier alpha value is -1.26. The molecular formula is C9H7Cl2NO3. The van der Waals surface area contributed by atoms with Gasteiger partial charge in [0.15, 0.2) is 0 Å². The maximum atomic E-state index is 11.1. The van der Waals surface area contributed by atoms with E-state index < -0.39 is 18.3 Å². The van der Waals surface area contributed by atoms with E-state index in [2.05, 4.69) is 5.32 Å². The predicted molar refractivity (Wildman–Crippen MR) is 57.3 cm³/mol. The Morgan fingerprint density at radius 3 is 2.60 bits per heavy atom. The van der Waals surface area contributed by atoms with Gasteiger partial charge in [0.1, 0.15) is 6.42 Å². The van der Waals surface area contributed by atoms with Gasteiger partial charge >= 0.3 is 5.97 Å². The Labute approximate surface area is 95.8 Å². The Bertz CT molecular complexity index is 406. The van der Waals surface area contributed by atoms with Crippen LogP contribution in [0.25, 0.3) is 0 Å². The van der Waals surface area contributed by atoms with E-state index in [1.807, 2.05) is 0 Å². The van der Waals surface area contributed by atoms with E-state index in [1.165, 1.54) is 6.07 Å². The molecule has 0 fully saturated rings. The van der Waals surface area contributed by atoms with Gasteiger partial charge in [-0.2, -0.15) is 0 Å². The highest BCUT2D eigenvalue weighted by molar-refractivity contribution is 6.44. The molecule has 0 aliphatic heterocycles. The SMILES string of the molecule is O=C(O)CC(=O)Nc1cccc(Cl)c1Cl. The van der Waals surface area contributed by atoms with Crippen molar-refractivity contribution in [2.24, 2.45) is 0 Å². The fourth-order valence-corrected chi connectivity index (χ4v) is 1.28. The second-order valence-corrected chi connectivity index (χ2v) is 3.51. The molecule has 0 saturated heterocycles. The van der Waals surface area contributed by atoms with Crippen molar-refractivity contribution >= 4 is 40.8 Å². The topological polar surface area (TPSA) is 66.4 Å². The van der Waals surface area contributed by atoms with Crippen LogP contribution in [0.3, 0.4) is 0 Å². The van der Waals surface area contributed by atoms with E-state index in [-0.39, 0.29) is 5.02 Å². The van der Waals surface area contributed by atoms with E-state index in [4.69, 9.17) is 28.3 Å². The normalized spacial score (nSPS) is 9.73. The summed E-state index contributed by atoms with van der Waals surface area (Å²) in [6.45, 7) is 0. The van der Waals surface area contributed by atoms with Gasteiger partial charge in [-0.15, -0.1) is 0 Å². The number of anilines is 1. The van der Waals surface area contributed by atoms with Crippen molar-refractivity contribution in [2.45, 2.75) is 6.42 Å². The standard InChI is InChI=1S/C9H7Cl2NO3/c10-5-2-1-3-6(9(5)11)12-7(13)4-8(14)15/h1-3H,4H2,(H,12,13)(H,14,15). The van der Waals surface area contributed by atoms with Gasteiger partial charge in [0, 0.05) is 0 Å². The molecule has 0 bridgehead atoms. The summed E-state index contributed by atoms with van der Waals surface area (Å²) in [4.78, 5) is 21.3. The van der Waals surface area contributed by atoms with Crippen LogP contribution in [0.2, 0.25) is 10.0 Å². The summed E-state index contributed by atoms with van der Waals surface area (Å²) in [6, 6.07) is 4.70. The molecule has 4 nitrogen and oxygen atoms in total. The smallest absolute Gasteiger partial charge is 0.312 e. The highest BCUT2D eigenvalue weighted by Crippen LogP contribution is 2.29. The fourth-order valence-electron chi connectivity index (χ4n) is 0.932. The number of amides is 1. The van der Waals surface area contributed by atoms with Crippen LogP contribution < -0.4 is 5.32 Å². The third-order valence-electron chi connectivity index (χ3n) is 1.54. The van der Waals surface area contributed by atoms with Gasteiger partial charge in [-0.25, -0.2) is 0 Å². The summed E-state index contributed by atoms with van der Waals surface area (Å²) in [7, 11) is 0. The number of carbonyl (C=O) groups excluding carboxylic acids is 1. The van der Waals surface area contributed by atoms with Crippen LogP contribution in [0.5, 0.6) is 0 Å². The van der Waals surface area contributed by atoms with Crippen molar-refractivity contribution in [3.63, 3.8) is 0 Å². The van der Waals surface area contributed by atoms with Crippen LogP contribution in [0.1, 0.15) is 6.42 Å². The van der Waals surface area contributed by atoms with Gasteiger partial charge in [-0.1, -0.05) is 29.3 Å². The van der Waals surface area contributed by atoms with Crippen molar-refractivity contribution in [3.05, 3.63) is 28.2 Å². The maximum Gasteiger partial charge on any atom is 0.312 e. The first-order valence-electron chi connectivity index (χ1n) is 3.96. The molecule has 0 aromatic heterocycles. The number of rotatable bonds is 3. The summed E-state index contributed by atoms with van der Waals surface area (Å²) < 4.78 is 0. The highest BCUT2D eigenvalue weighted by atomic mass is 35.5. The molecule has 0 aliphatic carbocycles. The minimum Gasteiger partial charge on any atom is -0.481 e. The first-order valence-corrected chi connectivity index (χ1v) is 4.72. The van der Waals surface area contributed by atoms with Crippen molar-refractivity contribution in [2.75, 3.05) is 5.32 Å². The highest BCUT2D eigenvalue weighted by Gasteiger charge is 2.10. The van der Waals surface area contributed by atoms with E-state index >= 15 is 0 Å². The van der Waals surface area contributed by atoms with Gasteiger partial charge in [-0.3, -0.25) is 9.59 Å². The lowest BCUT2D eigenvalue weighted by atomic mass is 10.3. The minimum atomic E-state index is -1.20. The average Bonchev–Trinajstić information content (AvgIpc) is 2.11. The molecule has 0 atom stereocenters. The van der Waals surface area contributed by atoms with E-state index in [0.29, 0.717) is 10.7 Å². The lowest BCUT2D eigenvalue weighted by Crippen LogP contribution is -2.16. The van der Waals surface area contributed by atoms with Crippen LogP contribution in [-0.2, 0) is 9.59 Å². The predicted octanol–water partition coefficient (Wildman–Crippen LogP) is 2.41. The lowest BCUT2D eigenvalue weighted by molar-refractivity contribution is -0.139. The fraction of sp³-hybridized carbons (Fsp3) is 0.111. The van der Waals surface area contributed by atoms with Crippen LogP contribution in [-0.4, -0.2) is 17.0 Å².